The van der Waals surface area contributed by atoms with Crippen molar-refractivity contribution < 1.29 is 9.13 Å². The molecule has 2 aliphatic heterocycles. The Labute approximate surface area is 205 Å². The van der Waals surface area contributed by atoms with Gasteiger partial charge in [-0.15, -0.1) is 0 Å². The van der Waals surface area contributed by atoms with Crippen molar-refractivity contribution in [1.29, 1.82) is 5.26 Å². The smallest absolute Gasteiger partial charge is 0.136 e. The van der Waals surface area contributed by atoms with Gasteiger partial charge < -0.3 is 9.64 Å². The summed E-state index contributed by atoms with van der Waals surface area (Å²) in [5, 5.41) is 9.71. The number of ether oxygens (including phenoxy) is 1. The molecule has 1 fully saturated rings. The number of halogens is 1. The molecule has 0 bridgehead atoms. The maximum atomic E-state index is 14.0. The summed E-state index contributed by atoms with van der Waals surface area (Å²) in [6.07, 6.45) is 3.86. The van der Waals surface area contributed by atoms with Gasteiger partial charge in [0.2, 0.25) is 0 Å². The van der Waals surface area contributed by atoms with Gasteiger partial charge in [-0.05, 0) is 55.5 Å². The van der Waals surface area contributed by atoms with Crippen LogP contribution in [0.15, 0.2) is 42.0 Å². The summed E-state index contributed by atoms with van der Waals surface area (Å²) in [6.45, 7) is 8.32. The average molecular weight is 469 g/mol. The molecule has 1 saturated heterocycles. The number of fused-ring (bicyclic) bond motifs is 2. The second kappa shape index (κ2) is 9.50. The molecule has 5 nitrogen and oxygen atoms in total. The normalized spacial score (nSPS) is 15.8. The lowest BCUT2D eigenvalue weighted by atomic mass is 9.89. The molecule has 0 spiro atoms. The molecular weight excluding hydrogens is 439 g/mol. The largest absolute Gasteiger partial charge is 0.488 e. The monoisotopic (exact) mass is 468 g/mol. The summed E-state index contributed by atoms with van der Waals surface area (Å²) in [5.74, 6) is 1.98. The predicted molar refractivity (Wildman–Crippen MR) is 135 cm³/mol. The van der Waals surface area contributed by atoms with E-state index in [9.17, 15) is 9.65 Å². The van der Waals surface area contributed by atoms with Gasteiger partial charge in [-0.1, -0.05) is 31.5 Å². The zero-order valence-electron chi connectivity index (χ0n) is 20.5. The van der Waals surface area contributed by atoms with E-state index in [-0.39, 0.29) is 5.82 Å². The maximum Gasteiger partial charge on any atom is 0.136 e. The topological polar surface area (TPSA) is 62.0 Å². The Bertz CT molecular complexity index is 1370. The van der Waals surface area contributed by atoms with E-state index in [4.69, 9.17) is 14.7 Å². The highest BCUT2D eigenvalue weighted by Crippen LogP contribution is 2.39. The molecular formula is C29H29FN4O. The van der Waals surface area contributed by atoms with E-state index in [1.807, 2.05) is 6.92 Å². The van der Waals surface area contributed by atoms with Gasteiger partial charge in [0.15, 0.2) is 0 Å². The molecule has 5 rings (SSSR count). The molecule has 0 N–H and O–H groups in total. The van der Waals surface area contributed by atoms with Gasteiger partial charge >= 0.3 is 0 Å². The molecule has 6 heteroatoms. The third-order valence-electron chi connectivity index (χ3n) is 6.78. The van der Waals surface area contributed by atoms with E-state index in [0.29, 0.717) is 17.9 Å². The number of benzene rings is 2. The maximum absolute atomic E-state index is 14.0. The fraction of sp³-hybridized carbons (Fsp3) is 0.345. The molecule has 0 atom stereocenters. The first-order chi connectivity index (χ1) is 17.0. The van der Waals surface area contributed by atoms with Crippen LogP contribution < -0.4 is 9.64 Å². The van der Waals surface area contributed by atoms with E-state index >= 15 is 0 Å². The highest BCUT2D eigenvalue weighted by molar-refractivity contribution is 5.88. The Kier molecular flexibility index (Phi) is 6.25. The minimum Gasteiger partial charge on any atom is -0.488 e. The Balaban J connectivity index is 1.58. The summed E-state index contributed by atoms with van der Waals surface area (Å²) in [6, 6.07) is 13.1. The molecule has 0 saturated carbocycles. The molecule has 178 valence electrons. The van der Waals surface area contributed by atoms with Gasteiger partial charge in [-0.25, -0.2) is 14.4 Å². The molecule has 0 radical (unpaired) electrons. The molecule has 3 aromatic rings. The van der Waals surface area contributed by atoms with Gasteiger partial charge in [0.1, 0.15) is 29.8 Å². The highest BCUT2D eigenvalue weighted by atomic mass is 19.1. The minimum absolute atomic E-state index is 0.313. The minimum atomic E-state index is -0.356. The number of anilines is 1. The molecule has 2 aromatic carbocycles. The van der Waals surface area contributed by atoms with Crippen LogP contribution in [-0.2, 0) is 19.4 Å². The van der Waals surface area contributed by atoms with Gasteiger partial charge in [-0.2, -0.15) is 5.26 Å². The molecule has 1 aromatic heterocycles. The first-order valence-electron chi connectivity index (χ1n) is 12.3. The van der Waals surface area contributed by atoms with Crippen LogP contribution in [0.2, 0.25) is 0 Å². The zero-order chi connectivity index (χ0) is 24.5. The number of hydrogen-bond donors (Lipinski definition) is 0. The number of aryl methyl sites for hydroxylation is 2. The summed E-state index contributed by atoms with van der Waals surface area (Å²) >= 11 is 0. The molecule has 0 unspecified atom stereocenters. The molecule has 2 aliphatic rings. The summed E-state index contributed by atoms with van der Waals surface area (Å²) in [4.78, 5) is 12.0. The van der Waals surface area contributed by atoms with E-state index in [0.717, 1.165) is 77.5 Å². The van der Waals surface area contributed by atoms with Crippen molar-refractivity contribution in [3.05, 3.63) is 87.1 Å². The summed E-state index contributed by atoms with van der Waals surface area (Å²) in [7, 11) is 0. The Morgan fingerprint density at radius 1 is 1.14 bits per heavy atom. The zero-order valence-corrected chi connectivity index (χ0v) is 20.5. The summed E-state index contributed by atoms with van der Waals surface area (Å²) < 4.78 is 20.0. The van der Waals surface area contributed by atoms with Gasteiger partial charge in [-0.3, -0.25) is 0 Å². The lowest BCUT2D eigenvalue weighted by Gasteiger charge is -2.34. The number of rotatable bonds is 5. The van der Waals surface area contributed by atoms with E-state index in [1.54, 1.807) is 13.0 Å². The number of nitrogens with zero attached hydrogens (tertiary/aromatic N) is 4. The van der Waals surface area contributed by atoms with Crippen LogP contribution >= 0.6 is 0 Å². The van der Waals surface area contributed by atoms with Crippen molar-refractivity contribution in [3.8, 4) is 11.8 Å². The van der Waals surface area contributed by atoms with Crippen molar-refractivity contribution in [3.63, 3.8) is 0 Å². The van der Waals surface area contributed by atoms with Crippen molar-refractivity contribution >= 4 is 11.4 Å². The van der Waals surface area contributed by atoms with Crippen molar-refractivity contribution in [2.75, 3.05) is 18.0 Å². The first kappa shape index (κ1) is 23.0. The van der Waals surface area contributed by atoms with Gasteiger partial charge in [0.05, 0.1) is 6.07 Å². The third-order valence-corrected chi connectivity index (χ3v) is 6.78. The molecule has 35 heavy (non-hydrogen) atoms. The van der Waals surface area contributed by atoms with Crippen LogP contribution in [0.3, 0.4) is 0 Å². The summed E-state index contributed by atoms with van der Waals surface area (Å²) in [5.41, 5.74) is 7.52. The van der Waals surface area contributed by atoms with Crippen LogP contribution in [-0.4, -0.2) is 23.1 Å². The van der Waals surface area contributed by atoms with Gasteiger partial charge in [0, 0.05) is 53.5 Å². The second-order valence-electron chi connectivity index (χ2n) is 9.32. The number of nitriles is 1. The quantitative estimate of drug-likeness (QED) is 0.435. The standard InChI is InChI=1S/C29H29FN4O/c1-4-6-26-25(29(33-19(3)32-26)34-11-5-12-34)14-20-7-9-23-21(13-20)17-35-27-15-22(30)8-10-24(27)28(23)18(2)16-31/h7-10,13,15H,4-6,11-12,14,17H2,1-3H3. The van der Waals surface area contributed by atoms with Crippen LogP contribution in [0.4, 0.5) is 10.2 Å². The van der Waals surface area contributed by atoms with Crippen molar-refractivity contribution in [1.82, 2.24) is 9.97 Å². The number of aromatic nitrogens is 2. The van der Waals surface area contributed by atoms with Crippen LogP contribution in [0.1, 0.15) is 66.0 Å². The Morgan fingerprint density at radius 2 is 1.94 bits per heavy atom. The van der Waals surface area contributed by atoms with E-state index in [2.05, 4.69) is 36.1 Å². The molecule has 0 aliphatic carbocycles. The predicted octanol–water partition coefficient (Wildman–Crippen LogP) is 5.92. The Morgan fingerprint density at radius 3 is 2.66 bits per heavy atom. The fourth-order valence-electron chi connectivity index (χ4n) is 4.96. The lowest BCUT2D eigenvalue weighted by Crippen LogP contribution is -2.39. The van der Waals surface area contributed by atoms with Crippen molar-refractivity contribution in [2.45, 2.75) is 53.1 Å². The van der Waals surface area contributed by atoms with Crippen LogP contribution in [0.5, 0.6) is 5.75 Å². The van der Waals surface area contributed by atoms with Crippen LogP contribution in [0.25, 0.3) is 5.57 Å². The van der Waals surface area contributed by atoms with Crippen molar-refractivity contribution in [2.24, 2.45) is 0 Å². The molecule has 3 heterocycles. The fourth-order valence-corrected chi connectivity index (χ4v) is 4.96. The third kappa shape index (κ3) is 4.39. The first-order valence-corrected chi connectivity index (χ1v) is 12.3. The molecule has 0 amide bonds. The van der Waals surface area contributed by atoms with Crippen LogP contribution in [0, 0.1) is 24.1 Å². The van der Waals surface area contributed by atoms with Gasteiger partial charge in [0.25, 0.3) is 0 Å². The van der Waals surface area contributed by atoms with E-state index in [1.165, 1.54) is 24.1 Å². The average Bonchev–Trinajstić information content (AvgIpc) is 2.96. The highest BCUT2D eigenvalue weighted by Gasteiger charge is 2.25. The number of hydrogen-bond acceptors (Lipinski definition) is 5. The lowest BCUT2D eigenvalue weighted by molar-refractivity contribution is 0.305. The van der Waals surface area contributed by atoms with E-state index < -0.39 is 0 Å². The Hall–Kier alpha value is -3.72. The second-order valence-corrected chi connectivity index (χ2v) is 9.32. The SMILES string of the molecule is CCCc1nc(C)nc(N2CCC2)c1Cc1ccc2c(c1)COc1cc(F)ccc1C2=C(C)C#N. The number of allylic oxidation sites excluding steroid dienone is 1.